The van der Waals surface area contributed by atoms with Gasteiger partial charge in [0.05, 0.1) is 12.6 Å². The summed E-state index contributed by atoms with van der Waals surface area (Å²) in [4.78, 5) is 11.7. The highest BCUT2D eigenvalue weighted by atomic mass is 32.2. The van der Waals surface area contributed by atoms with Gasteiger partial charge in [-0.05, 0) is 11.1 Å². The molecule has 3 N–H and O–H groups in total. The van der Waals surface area contributed by atoms with Crippen LogP contribution in [0.5, 0.6) is 0 Å². The Labute approximate surface area is 105 Å². The Bertz CT molecular complexity index is 375. The molecule has 0 spiro atoms. The maximum atomic E-state index is 11.7. The van der Waals surface area contributed by atoms with E-state index in [1.807, 2.05) is 24.3 Å². The van der Waals surface area contributed by atoms with Crippen LogP contribution in [0, 0.1) is 0 Å². The van der Waals surface area contributed by atoms with Gasteiger partial charge in [0.15, 0.2) is 0 Å². The second-order valence-electron chi connectivity index (χ2n) is 3.96. The van der Waals surface area contributed by atoms with Gasteiger partial charge in [-0.15, -0.1) is 11.8 Å². The number of carbonyl (C=O) groups is 1. The quantitative estimate of drug-likeness (QED) is 0.728. The topological polar surface area (TPSA) is 61.4 Å². The van der Waals surface area contributed by atoms with Gasteiger partial charge in [0.2, 0.25) is 5.91 Å². The Hall–Kier alpha value is -1.04. The third kappa shape index (κ3) is 3.46. The van der Waals surface area contributed by atoms with Crippen molar-refractivity contribution in [2.24, 2.45) is 0 Å². The molecule has 1 heterocycles. The standard InChI is InChI=1S/C12H16N2O2S/c15-6-10-3-1-9(2-4-10)5-13-12(16)11-7-17-8-14-11/h1-4,11,14-15H,5-8H2,(H,13,16). The average molecular weight is 252 g/mol. The number of hydrogen-bond donors (Lipinski definition) is 3. The van der Waals surface area contributed by atoms with E-state index < -0.39 is 0 Å². The van der Waals surface area contributed by atoms with Crippen molar-refractivity contribution in [2.45, 2.75) is 19.2 Å². The minimum absolute atomic E-state index is 0.0514. The first-order chi connectivity index (χ1) is 8.29. The van der Waals surface area contributed by atoms with E-state index in [1.54, 1.807) is 11.8 Å². The molecule has 0 aliphatic carbocycles. The molecule has 1 aliphatic heterocycles. The fourth-order valence-corrected chi connectivity index (χ4v) is 2.58. The number of hydrogen-bond acceptors (Lipinski definition) is 4. The number of benzene rings is 1. The van der Waals surface area contributed by atoms with Crippen LogP contribution >= 0.6 is 11.8 Å². The summed E-state index contributed by atoms with van der Waals surface area (Å²) >= 11 is 1.74. The fourth-order valence-electron chi connectivity index (χ4n) is 1.64. The summed E-state index contributed by atoms with van der Waals surface area (Å²) in [5.41, 5.74) is 1.93. The Kier molecular flexibility index (Phi) is 4.42. The van der Waals surface area contributed by atoms with Gasteiger partial charge in [-0.2, -0.15) is 0 Å². The van der Waals surface area contributed by atoms with E-state index >= 15 is 0 Å². The van der Waals surface area contributed by atoms with Gasteiger partial charge >= 0.3 is 0 Å². The summed E-state index contributed by atoms with van der Waals surface area (Å²) in [6.07, 6.45) is 0. The molecule has 0 radical (unpaired) electrons. The lowest BCUT2D eigenvalue weighted by Crippen LogP contribution is -2.41. The predicted molar refractivity (Wildman–Crippen MR) is 68.5 cm³/mol. The van der Waals surface area contributed by atoms with Crippen molar-refractivity contribution < 1.29 is 9.90 Å². The summed E-state index contributed by atoms with van der Waals surface area (Å²) in [6, 6.07) is 7.51. The highest BCUT2D eigenvalue weighted by molar-refractivity contribution is 7.99. The zero-order valence-corrected chi connectivity index (χ0v) is 10.3. The van der Waals surface area contributed by atoms with Crippen LogP contribution in [0.15, 0.2) is 24.3 Å². The SMILES string of the molecule is O=C(NCc1ccc(CO)cc1)C1CSCN1. The van der Waals surface area contributed by atoms with Crippen LogP contribution in [-0.2, 0) is 17.9 Å². The number of amides is 1. The van der Waals surface area contributed by atoms with Crippen LogP contribution in [-0.4, -0.2) is 28.7 Å². The molecule has 1 amide bonds. The molecule has 92 valence electrons. The molecule has 0 aromatic heterocycles. The van der Waals surface area contributed by atoms with Crippen LogP contribution in [0.3, 0.4) is 0 Å². The molecule has 1 aromatic carbocycles. The molecule has 1 fully saturated rings. The summed E-state index contributed by atoms with van der Waals surface area (Å²) in [7, 11) is 0. The number of aliphatic hydroxyl groups excluding tert-OH is 1. The van der Waals surface area contributed by atoms with Crippen LogP contribution in [0.1, 0.15) is 11.1 Å². The minimum Gasteiger partial charge on any atom is -0.392 e. The highest BCUT2D eigenvalue weighted by Crippen LogP contribution is 2.10. The molecule has 1 atom stereocenters. The Balaban J connectivity index is 1.82. The number of thioether (sulfide) groups is 1. The highest BCUT2D eigenvalue weighted by Gasteiger charge is 2.21. The zero-order valence-electron chi connectivity index (χ0n) is 9.48. The van der Waals surface area contributed by atoms with Gasteiger partial charge in [-0.3, -0.25) is 10.1 Å². The van der Waals surface area contributed by atoms with Crippen molar-refractivity contribution in [3.05, 3.63) is 35.4 Å². The normalized spacial score (nSPS) is 19.2. The van der Waals surface area contributed by atoms with Gasteiger partial charge in [-0.1, -0.05) is 24.3 Å². The molecular weight excluding hydrogens is 236 g/mol. The van der Waals surface area contributed by atoms with Crippen LogP contribution in [0.4, 0.5) is 0 Å². The number of nitrogens with one attached hydrogen (secondary N) is 2. The first kappa shape index (κ1) is 12.4. The van der Waals surface area contributed by atoms with Crippen molar-refractivity contribution in [3.8, 4) is 0 Å². The van der Waals surface area contributed by atoms with Crippen LogP contribution in [0.2, 0.25) is 0 Å². The second kappa shape index (κ2) is 6.05. The van der Waals surface area contributed by atoms with E-state index in [0.717, 1.165) is 22.8 Å². The summed E-state index contributed by atoms with van der Waals surface area (Å²) in [6.45, 7) is 0.587. The number of carbonyl (C=O) groups excluding carboxylic acids is 1. The molecule has 1 aliphatic rings. The van der Waals surface area contributed by atoms with E-state index in [0.29, 0.717) is 6.54 Å². The van der Waals surface area contributed by atoms with Crippen molar-refractivity contribution in [1.82, 2.24) is 10.6 Å². The van der Waals surface area contributed by atoms with Gasteiger partial charge in [0, 0.05) is 18.2 Å². The van der Waals surface area contributed by atoms with E-state index in [2.05, 4.69) is 10.6 Å². The molecule has 1 aromatic rings. The van der Waals surface area contributed by atoms with E-state index in [-0.39, 0.29) is 18.6 Å². The van der Waals surface area contributed by atoms with Crippen molar-refractivity contribution in [3.63, 3.8) is 0 Å². The second-order valence-corrected chi connectivity index (χ2v) is 4.99. The third-order valence-electron chi connectivity index (χ3n) is 2.71. The molecule has 0 bridgehead atoms. The number of rotatable bonds is 4. The molecule has 4 nitrogen and oxygen atoms in total. The third-order valence-corrected chi connectivity index (χ3v) is 3.64. The van der Waals surface area contributed by atoms with Crippen molar-refractivity contribution >= 4 is 17.7 Å². The van der Waals surface area contributed by atoms with Crippen LogP contribution in [0.25, 0.3) is 0 Å². The predicted octanol–water partition coefficient (Wildman–Crippen LogP) is 0.458. The lowest BCUT2D eigenvalue weighted by Gasteiger charge is -2.10. The molecular formula is C12H16N2O2S. The zero-order chi connectivity index (χ0) is 12.1. The van der Waals surface area contributed by atoms with Gasteiger partial charge in [-0.25, -0.2) is 0 Å². The average Bonchev–Trinajstić information content (AvgIpc) is 2.90. The van der Waals surface area contributed by atoms with E-state index in [4.69, 9.17) is 5.11 Å². The summed E-state index contributed by atoms with van der Waals surface area (Å²) in [5, 5.41) is 14.9. The van der Waals surface area contributed by atoms with Gasteiger partial charge in [0.1, 0.15) is 0 Å². The largest absolute Gasteiger partial charge is 0.392 e. The molecule has 17 heavy (non-hydrogen) atoms. The van der Waals surface area contributed by atoms with Crippen LogP contribution < -0.4 is 10.6 Å². The lowest BCUT2D eigenvalue weighted by atomic mass is 10.1. The molecule has 1 unspecified atom stereocenters. The summed E-state index contributed by atoms with van der Waals surface area (Å²) in [5.74, 6) is 1.75. The van der Waals surface area contributed by atoms with Gasteiger partial charge in [0.25, 0.3) is 0 Å². The smallest absolute Gasteiger partial charge is 0.238 e. The summed E-state index contributed by atoms with van der Waals surface area (Å²) < 4.78 is 0. The Morgan fingerprint density at radius 1 is 1.41 bits per heavy atom. The Morgan fingerprint density at radius 3 is 2.71 bits per heavy atom. The van der Waals surface area contributed by atoms with Crippen molar-refractivity contribution in [1.29, 1.82) is 0 Å². The number of aliphatic hydroxyl groups is 1. The first-order valence-corrected chi connectivity index (χ1v) is 6.72. The van der Waals surface area contributed by atoms with E-state index in [1.165, 1.54) is 0 Å². The monoisotopic (exact) mass is 252 g/mol. The fraction of sp³-hybridized carbons (Fsp3) is 0.417. The van der Waals surface area contributed by atoms with E-state index in [9.17, 15) is 4.79 Å². The van der Waals surface area contributed by atoms with Crippen molar-refractivity contribution in [2.75, 3.05) is 11.6 Å². The molecule has 2 rings (SSSR count). The Morgan fingerprint density at radius 2 is 2.12 bits per heavy atom. The minimum atomic E-state index is -0.0586. The maximum absolute atomic E-state index is 11.7. The molecule has 1 saturated heterocycles. The molecule has 5 heteroatoms. The first-order valence-electron chi connectivity index (χ1n) is 5.57. The lowest BCUT2D eigenvalue weighted by molar-refractivity contribution is -0.122. The molecule has 0 saturated carbocycles. The van der Waals surface area contributed by atoms with Gasteiger partial charge < -0.3 is 10.4 Å². The maximum Gasteiger partial charge on any atom is 0.238 e.